The second-order valence-corrected chi connectivity index (χ2v) is 7.92. The third-order valence-electron chi connectivity index (χ3n) is 5.99. The van der Waals surface area contributed by atoms with Crippen molar-refractivity contribution in [3.8, 4) is 22.8 Å². The smallest absolute Gasteiger partial charge is 0.247 e. The average molecular weight is 420 g/mol. The van der Waals surface area contributed by atoms with Crippen LogP contribution in [0.4, 0.5) is 11.6 Å². The molecular formula is C21H24N8O2. The zero-order chi connectivity index (χ0) is 21.2. The predicted octanol–water partition coefficient (Wildman–Crippen LogP) is 2.29. The van der Waals surface area contributed by atoms with Crippen LogP contribution < -0.4 is 10.2 Å². The second-order valence-electron chi connectivity index (χ2n) is 7.92. The highest BCUT2D eigenvalue weighted by atomic mass is 16.5. The summed E-state index contributed by atoms with van der Waals surface area (Å²) in [5, 5.41) is 9.81. The number of fused-ring (bicyclic) bond motifs is 1. The maximum absolute atomic E-state index is 12.7. The van der Waals surface area contributed by atoms with Crippen LogP contribution in [0.3, 0.4) is 0 Å². The first-order chi connectivity index (χ1) is 15.2. The van der Waals surface area contributed by atoms with Crippen molar-refractivity contribution in [3.05, 3.63) is 30.9 Å². The molecule has 3 aromatic rings. The van der Waals surface area contributed by atoms with Crippen molar-refractivity contribution >= 4 is 17.5 Å². The number of pyridine rings is 1. The summed E-state index contributed by atoms with van der Waals surface area (Å²) in [6.07, 6.45) is 9.42. The van der Waals surface area contributed by atoms with Gasteiger partial charge in [-0.3, -0.25) is 19.8 Å². The molecule has 0 atom stereocenters. The number of hydrogen-bond acceptors (Lipinski definition) is 8. The number of rotatable bonds is 5. The van der Waals surface area contributed by atoms with Gasteiger partial charge in [0.15, 0.2) is 17.5 Å². The van der Waals surface area contributed by atoms with E-state index in [9.17, 15) is 4.79 Å². The minimum atomic E-state index is 0.0193. The van der Waals surface area contributed by atoms with Crippen molar-refractivity contribution in [3.63, 3.8) is 0 Å². The third-order valence-corrected chi connectivity index (χ3v) is 5.99. The summed E-state index contributed by atoms with van der Waals surface area (Å²) in [5.74, 6) is 2.21. The van der Waals surface area contributed by atoms with E-state index in [-0.39, 0.29) is 12.5 Å². The van der Waals surface area contributed by atoms with Crippen molar-refractivity contribution in [2.24, 2.45) is 5.92 Å². The summed E-state index contributed by atoms with van der Waals surface area (Å²) in [5.41, 5.74) is 2.14. The maximum Gasteiger partial charge on any atom is 0.247 e. The largest absolute Gasteiger partial charge is 0.381 e. The van der Waals surface area contributed by atoms with E-state index in [4.69, 9.17) is 9.72 Å². The molecule has 1 saturated carbocycles. The van der Waals surface area contributed by atoms with E-state index in [1.807, 2.05) is 12.1 Å². The summed E-state index contributed by atoms with van der Waals surface area (Å²) in [4.78, 5) is 32.4. The Morgan fingerprint density at radius 2 is 1.97 bits per heavy atom. The van der Waals surface area contributed by atoms with Gasteiger partial charge >= 0.3 is 0 Å². The number of methoxy groups -OCH3 is 1. The average Bonchev–Trinajstić information content (AvgIpc) is 3.36. The number of hydrogen-bond donors (Lipinski definition) is 2. The first kappa shape index (κ1) is 19.6. The molecule has 0 spiro atoms. The Kier molecular flexibility index (Phi) is 5.29. The summed E-state index contributed by atoms with van der Waals surface area (Å²) in [7, 11) is 1.77. The van der Waals surface area contributed by atoms with Crippen molar-refractivity contribution < 1.29 is 9.53 Å². The van der Waals surface area contributed by atoms with E-state index in [0.717, 1.165) is 31.2 Å². The Balaban J connectivity index is 1.38. The highest BCUT2D eigenvalue weighted by Gasteiger charge is 2.31. The van der Waals surface area contributed by atoms with Crippen molar-refractivity contribution in [2.75, 3.05) is 30.4 Å². The van der Waals surface area contributed by atoms with Crippen LogP contribution in [0.2, 0.25) is 0 Å². The fourth-order valence-corrected chi connectivity index (χ4v) is 4.21. The van der Waals surface area contributed by atoms with Gasteiger partial charge in [-0.05, 0) is 43.7 Å². The quantitative estimate of drug-likeness (QED) is 0.645. The van der Waals surface area contributed by atoms with Crippen LogP contribution in [-0.4, -0.2) is 62.3 Å². The molecular weight excluding hydrogens is 396 g/mol. The number of nitrogens with zero attached hydrogens (tertiary/aromatic N) is 6. The standard InChI is InChI=1S/C21H24N8O2/c1-31-15-5-2-13(3-6-15)11-29-18(30)10-24-20-21(29)27-17(9-23-20)14-4-7-16(22-8-14)19-25-12-26-28-19/h4,7-9,12-13,15H,2-3,5-6,10-11H2,1H3,(H,23,24)(H,25,26,28)/t13-,15+. The lowest BCUT2D eigenvalue weighted by Crippen LogP contribution is -2.44. The van der Waals surface area contributed by atoms with Crippen LogP contribution >= 0.6 is 0 Å². The summed E-state index contributed by atoms with van der Waals surface area (Å²) < 4.78 is 5.48. The van der Waals surface area contributed by atoms with Gasteiger partial charge in [-0.2, -0.15) is 5.10 Å². The molecule has 3 aromatic heterocycles. The van der Waals surface area contributed by atoms with Crippen LogP contribution in [0.5, 0.6) is 0 Å². The minimum absolute atomic E-state index is 0.0193. The van der Waals surface area contributed by atoms with E-state index < -0.39 is 0 Å². The molecule has 0 radical (unpaired) electrons. The lowest BCUT2D eigenvalue weighted by Gasteiger charge is -2.34. The van der Waals surface area contributed by atoms with Crippen LogP contribution in [0, 0.1) is 5.92 Å². The number of carbonyl (C=O) groups excluding carboxylic acids is 1. The highest BCUT2D eigenvalue weighted by Crippen LogP contribution is 2.32. The highest BCUT2D eigenvalue weighted by molar-refractivity contribution is 6.00. The van der Waals surface area contributed by atoms with Crippen molar-refractivity contribution in [2.45, 2.75) is 31.8 Å². The Labute approximate surface area is 179 Å². The molecule has 1 aliphatic heterocycles. The van der Waals surface area contributed by atoms with Gasteiger partial charge in [-0.15, -0.1) is 0 Å². The first-order valence-electron chi connectivity index (χ1n) is 10.5. The molecule has 2 aliphatic rings. The Morgan fingerprint density at radius 1 is 1.10 bits per heavy atom. The number of ether oxygens (including phenoxy) is 1. The maximum atomic E-state index is 12.7. The van der Waals surface area contributed by atoms with Gasteiger partial charge in [0.1, 0.15) is 12.0 Å². The summed E-state index contributed by atoms with van der Waals surface area (Å²) in [6.45, 7) is 0.894. The van der Waals surface area contributed by atoms with E-state index in [0.29, 0.717) is 47.4 Å². The van der Waals surface area contributed by atoms with Gasteiger partial charge in [0.2, 0.25) is 5.91 Å². The monoisotopic (exact) mass is 420 g/mol. The first-order valence-corrected chi connectivity index (χ1v) is 10.5. The molecule has 10 nitrogen and oxygen atoms in total. The number of H-pyrrole nitrogens is 1. The molecule has 4 heterocycles. The van der Waals surface area contributed by atoms with Crippen LogP contribution in [0.15, 0.2) is 30.9 Å². The molecule has 160 valence electrons. The molecule has 1 fully saturated rings. The number of amides is 1. The molecule has 5 rings (SSSR count). The van der Waals surface area contributed by atoms with Gasteiger partial charge in [0.05, 0.1) is 24.5 Å². The zero-order valence-electron chi connectivity index (χ0n) is 17.3. The normalized spacial score (nSPS) is 20.9. The molecule has 0 bridgehead atoms. The molecule has 1 amide bonds. The van der Waals surface area contributed by atoms with Gasteiger partial charge < -0.3 is 10.1 Å². The Hall–Kier alpha value is -3.40. The number of aromatic amines is 1. The summed E-state index contributed by atoms with van der Waals surface area (Å²) in [6, 6.07) is 3.75. The zero-order valence-corrected chi connectivity index (χ0v) is 17.3. The van der Waals surface area contributed by atoms with Gasteiger partial charge in [-0.1, -0.05) is 0 Å². The Morgan fingerprint density at radius 3 is 2.68 bits per heavy atom. The fourth-order valence-electron chi connectivity index (χ4n) is 4.21. The van der Waals surface area contributed by atoms with Gasteiger partial charge in [0, 0.05) is 25.4 Å². The van der Waals surface area contributed by atoms with Gasteiger partial charge in [-0.25, -0.2) is 15.0 Å². The van der Waals surface area contributed by atoms with E-state index in [1.54, 1.807) is 24.4 Å². The molecule has 31 heavy (non-hydrogen) atoms. The van der Waals surface area contributed by atoms with Crippen molar-refractivity contribution in [1.29, 1.82) is 0 Å². The number of nitrogens with one attached hydrogen (secondary N) is 2. The SMILES string of the molecule is CO[C@H]1CC[C@@H](CN2C(=O)CNc3ncc(-c4ccc(-c5nc[nH]n5)nc4)nc32)CC1. The number of aromatic nitrogens is 6. The Bertz CT molecular complexity index is 1050. The van der Waals surface area contributed by atoms with Crippen LogP contribution in [0.1, 0.15) is 25.7 Å². The number of carbonyl (C=O) groups is 1. The number of anilines is 2. The van der Waals surface area contributed by atoms with Crippen LogP contribution in [-0.2, 0) is 9.53 Å². The molecule has 10 heteroatoms. The predicted molar refractivity (Wildman–Crippen MR) is 114 cm³/mol. The molecule has 1 aliphatic carbocycles. The van der Waals surface area contributed by atoms with Crippen LogP contribution in [0.25, 0.3) is 22.8 Å². The third kappa shape index (κ3) is 3.98. The van der Waals surface area contributed by atoms with E-state index in [1.165, 1.54) is 6.33 Å². The molecule has 0 saturated heterocycles. The summed E-state index contributed by atoms with van der Waals surface area (Å²) >= 11 is 0. The second kappa shape index (κ2) is 8.38. The molecule has 2 N–H and O–H groups in total. The lowest BCUT2D eigenvalue weighted by molar-refractivity contribution is -0.117. The van der Waals surface area contributed by atoms with E-state index in [2.05, 4.69) is 30.5 Å². The molecule has 0 aromatic carbocycles. The molecule has 0 unspecified atom stereocenters. The lowest BCUT2D eigenvalue weighted by atomic mass is 9.87. The van der Waals surface area contributed by atoms with Crippen molar-refractivity contribution in [1.82, 2.24) is 30.1 Å². The van der Waals surface area contributed by atoms with Gasteiger partial charge in [0.25, 0.3) is 0 Å². The topological polar surface area (TPSA) is 122 Å². The minimum Gasteiger partial charge on any atom is -0.381 e. The fraction of sp³-hybridized carbons (Fsp3) is 0.429. The van der Waals surface area contributed by atoms with E-state index >= 15 is 0 Å².